The lowest BCUT2D eigenvalue weighted by Crippen LogP contribution is -2.49. The normalized spacial score (nSPS) is 14.8. The van der Waals surface area contributed by atoms with Gasteiger partial charge in [-0.2, -0.15) is 5.10 Å². The van der Waals surface area contributed by atoms with Gasteiger partial charge in [0, 0.05) is 37.8 Å². The van der Waals surface area contributed by atoms with Gasteiger partial charge < -0.3 is 9.80 Å². The second-order valence-electron chi connectivity index (χ2n) is 6.58. The van der Waals surface area contributed by atoms with Gasteiger partial charge in [-0.25, -0.2) is 14.5 Å². The lowest BCUT2D eigenvalue weighted by molar-refractivity contribution is 0.0748. The summed E-state index contributed by atoms with van der Waals surface area (Å²) in [5, 5.41) is 5.32. The minimum Gasteiger partial charge on any atom is -0.352 e. The van der Waals surface area contributed by atoms with Gasteiger partial charge in [0.2, 0.25) is 0 Å². The second-order valence-corrected chi connectivity index (χ2v) is 6.58. The first kappa shape index (κ1) is 15.7. The van der Waals surface area contributed by atoms with Crippen molar-refractivity contribution >= 4 is 28.1 Å². The predicted octanol–water partition coefficient (Wildman–Crippen LogP) is 2.24. The van der Waals surface area contributed by atoms with Gasteiger partial charge in [0.05, 0.1) is 22.8 Å². The molecule has 0 radical (unpaired) electrons. The van der Waals surface area contributed by atoms with Crippen molar-refractivity contribution in [1.82, 2.24) is 24.5 Å². The molecule has 1 aliphatic rings. The number of carbonyl (C=O) groups is 1. The van der Waals surface area contributed by atoms with E-state index in [9.17, 15) is 4.79 Å². The monoisotopic (exact) mass is 358 g/mol. The number of benzene rings is 1. The molecule has 3 aromatic heterocycles. The van der Waals surface area contributed by atoms with Crippen LogP contribution in [0, 0.1) is 0 Å². The Morgan fingerprint density at radius 1 is 0.926 bits per heavy atom. The van der Waals surface area contributed by atoms with Crippen molar-refractivity contribution in [2.24, 2.45) is 0 Å². The Kier molecular flexibility index (Phi) is 3.71. The quantitative estimate of drug-likeness (QED) is 0.550. The van der Waals surface area contributed by atoms with Gasteiger partial charge in [0.1, 0.15) is 12.1 Å². The summed E-state index contributed by atoms with van der Waals surface area (Å²) < 4.78 is 1.73. The zero-order valence-corrected chi connectivity index (χ0v) is 14.7. The minimum atomic E-state index is 0.0309. The van der Waals surface area contributed by atoms with E-state index >= 15 is 0 Å². The van der Waals surface area contributed by atoms with Crippen LogP contribution in [0.1, 0.15) is 10.4 Å². The van der Waals surface area contributed by atoms with E-state index in [4.69, 9.17) is 0 Å². The molecule has 1 saturated heterocycles. The number of piperazine rings is 1. The third kappa shape index (κ3) is 2.68. The zero-order chi connectivity index (χ0) is 18.2. The lowest BCUT2D eigenvalue weighted by atomic mass is 10.2. The molecular weight excluding hydrogens is 340 g/mol. The molecule has 7 nitrogen and oxygen atoms in total. The van der Waals surface area contributed by atoms with Crippen LogP contribution in [0.3, 0.4) is 0 Å². The van der Waals surface area contributed by atoms with Crippen LogP contribution in [0.5, 0.6) is 0 Å². The fraction of sp³-hybridized carbons (Fsp3) is 0.200. The molecule has 5 rings (SSSR count). The molecule has 7 heteroatoms. The Balaban J connectivity index is 1.36. The molecule has 1 fully saturated rings. The Morgan fingerprint density at radius 3 is 2.63 bits per heavy atom. The van der Waals surface area contributed by atoms with E-state index < -0.39 is 0 Å². The number of hydrogen-bond acceptors (Lipinski definition) is 5. The van der Waals surface area contributed by atoms with Crippen molar-refractivity contribution in [3.05, 3.63) is 66.7 Å². The molecular formula is C20H18N6O. The number of fused-ring (bicyclic) bond motifs is 2. The lowest BCUT2D eigenvalue weighted by Gasteiger charge is -2.35. The topological polar surface area (TPSA) is 66.6 Å². The van der Waals surface area contributed by atoms with Crippen molar-refractivity contribution in [2.45, 2.75) is 0 Å². The molecule has 4 aromatic rings. The standard InChI is InChI=1S/C20H18N6O/c27-20(16-13-23-26-8-4-3-7-18(16)26)25-11-9-24(10-12-25)19-15-5-1-2-6-17(15)21-14-22-19/h1-8,13-14H,9-12H2. The molecule has 0 unspecified atom stereocenters. The van der Waals surface area contributed by atoms with Crippen LogP contribution in [0.25, 0.3) is 16.4 Å². The fourth-order valence-electron chi connectivity index (χ4n) is 3.63. The maximum absolute atomic E-state index is 13.0. The van der Waals surface area contributed by atoms with E-state index in [1.54, 1.807) is 17.0 Å². The van der Waals surface area contributed by atoms with Crippen molar-refractivity contribution in [3.63, 3.8) is 0 Å². The second kappa shape index (κ2) is 6.35. The van der Waals surface area contributed by atoms with Gasteiger partial charge in [-0.3, -0.25) is 4.79 Å². The van der Waals surface area contributed by atoms with E-state index in [1.807, 2.05) is 53.6 Å². The summed E-state index contributed by atoms with van der Waals surface area (Å²) in [4.78, 5) is 25.9. The molecule has 0 spiro atoms. The van der Waals surface area contributed by atoms with Gasteiger partial charge in [-0.05, 0) is 24.3 Å². The van der Waals surface area contributed by atoms with E-state index in [0.29, 0.717) is 18.7 Å². The highest BCUT2D eigenvalue weighted by molar-refractivity contribution is 6.00. The van der Waals surface area contributed by atoms with Crippen LogP contribution in [-0.2, 0) is 0 Å². The number of aromatic nitrogens is 4. The van der Waals surface area contributed by atoms with Crippen molar-refractivity contribution in [1.29, 1.82) is 0 Å². The SMILES string of the molecule is O=C(c1cnn2ccccc12)N1CCN(c2ncnc3ccccc23)CC1. The third-order valence-electron chi connectivity index (χ3n) is 5.05. The number of pyridine rings is 1. The highest BCUT2D eigenvalue weighted by Gasteiger charge is 2.25. The zero-order valence-electron chi connectivity index (χ0n) is 14.7. The Hall–Kier alpha value is -3.48. The summed E-state index contributed by atoms with van der Waals surface area (Å²) in [7, 11) is 0. The molecule has 134 valence electrons. The minimum absolute atomic E-state index is 0.0309. The number of nitrogens with zero attached hydrogens (tertiary/aromatic N) is 6. The maximum Gasteiger partial charge on any atom is 0.257 e. The summed E-state index contributed by atoms with van der Waals surface area (Å²) in [6.07, 6.45) is 5.11. The molecule has 4 heterocycles. The average Bonchev–Trinajstić information content (AvgIpc) is 3.17. The number of anilines is 1. The molecule has 0 saturated carbocycles. The summed E-state index contributed by atoms with van der Waals surface area (Å²) in [6, 6.07) is 13.8. The molecule has 1 aromatic carbocycles. The van der Waals surface area contributed by atoms with E-state index in [0.717, 1.165) is 35.3 Å². The summed E-state index contributed by atoms with van der Waals surface area (Å²) in [5.41, 5.74) is 2.43. The van der Waals surface area contributed by atoms with Gasteiger partial charge in [-0.15, -0.1) is 0 Å². The Labute approximate surface area is 155 Å². The molecule has 27 heavy (non-hydrogen) atoms. The van der Waals surface area contributed by atoms with Crippen LogP contribution in [-0.4, -0.2) is 56.6 Å². The van der Waals surface area contributed by atoms with Crippen LogP contribution < -0.4 is 4.90 Å². The maximum atomic E-state index is 13.0. The number of amides is 1. The number of rotatable bonds is 2. The average molecular weight is 358 g/mol. The van der Waals surface area contributed by atoms with Gasteiger partial charge in [-0.1, -0.05) is 18.2 Å². The van der Waals surface area contributed by atoms with Crippen LogP contribution in [0.15, 0.2) is 61.2 Å². The first-order chi connectivity index (χ1) is 13.3. The molecule has 1 amide bonds. The summed E-state index contributed by atoms with van der Waals surface area (Å²) in [6.45, 7) is 2.79. The Morgan fingerprint density at radius 2 is 1.74 bits per heavy atom. The predicted molar refractivity (Wildman–Crippen MR) is 103 cm³/mol. The van der Waals surface area contributed by atoms with Crippen molar-refractivity contribution in [2.75, 3.05) is 31.1 Å². The van der Waals surface area contributed by atoms with Crippen LogP contribution in [0.4, 0.5) is 5.82 Å². The molecule has 0 N–H and O–H groups in total. The molecule has 0 bridgehead atoms. The van der Waals surface area contributed by atoms with Gasteiger partial charge >= 0.3 is 0 Å². The van der Waals surface area contributed by atoms with Gasteiger partial charge in [0.25, 0.3) is 5.91 Å². The fourth-order valence-corrected chi connectivity index (χ4v) is 3.63. The number of hydrogen-bond donors (Lipinski definition) is 0. The van der Waals surface area contributed by atoms with Crippen LogP contribution in [0.2, 0.25) is 0 Å². The smallest absolute Gasteiger partial charge is 0.257 e. The summed E-state index contributed by atoms with van der Waals surface area (Å²) in [5.74, 6) is 0.965. The van der Waals surface area contributed by atoms with E-state index in [2.05, 4.69) is 20.0 Å². The van der Waals surface area contributed by atoms with Crippen molar-refractivity contribution < 1.29 is 4.79 Å². The molecule has 0 atom stereocenters. The van der Waals surface area contributed by atoms with E-state index in [1.165, 1.54) is 0 Å². The third-order valence-corrected chi connectivity index (χ3v) is 5.05. The van der Waals surface area contributed by atoms with E-state index in [-0.39, 0.29) is 5.91 Å². The number of para-hydroxylation sites is 1. The van der Waals surface area contributed by atoms with Crippen molar-refractivity contribution in [3.8, 4) is 0 Å². The molecule has 1 aliphatic heterocycles. The molecule has 0 aliphatic carbocycles. The largest absolute Gasteiger partial charge is 0.352 e. The highest BCUT2D eigenvalue weighted by atomic mass is 16.2. The Bertz CT molecular complexity index is 1120. The van der Waals surface area contributed by atoms with Crippen LogP contribution >= 0.6 is 0 Å². The first-order valence-electron chi connectivity index (χ1n) is 8.97. The summed E-state index contributed by atoms with van der Waals surface area (Å²) >= 11 is 0. The highest BCUT2D eigenvalue weighted by Crippen LogP contribution is 2.24. The number of carbonyl (C=O) groups excluding carboxylic acids is 1. The first-order valence-corrected chi connectivity index (χ1v) is 8.97. The van der Waals surface area contributed by atoms with Gasteiger partial charge in [0.15, 0.2) is 0 Å².